The van der Waals surface area contributed by atoms with Crippen LogP contribution in [0.25, 0.3) is 10.9 Å². The SMILES string of the molecule is CCNc1n[nH]c2cc(NC(=O)NC(COC)c3ccccc3)ncc12. The summed E-state index contributed by atoms with van der Waals surface area (Å²) >= 11 is 0. The molecule has 0 fully saturated rings. The maximum Gasteiger partial charge on any atom is 0.320 e. The van der Waals surface area contributed by atoms with Crippen LogP contribution in [-0.4, -0.2) is 41.5 Å². The number of carbonyl (C=O) groups is 1. The number of rotatable bonds is 7. The second kappa shape index (κ2) is 8.30. The predicted octanol–water partition coefficient (Wildman–Crippen LogP) is 2.90. The number of carbonyl (C=O) groups excluding carboxylic acids is 1. The smallest absolute Gasteiger partial charge is 0.320 e. The number of nitrogens with one attached hydrogen (secondary N) is 4. The molecule has 0 aliphatic carbocycles. The number of anilines is 2. The van der Waals surface area contributed by atoms with E-state index in [0.717, 1.165) is 28.8 Å². The molecule has 2 amide bonds. The number of urea groups is 1. The first-order valence-electron chi connectivity index (χ1n) is 8.40. The largest absolute Gasteiger partial charge is 0.382 e. The fraction of sp³-hybridized carbons (Fsp3) is 0.278. The molecule has 0 spiro atoms. The summed E-state index contributed by atoms with van der Waals surface area (Å²) in [6.07, 6.45) is 1.68. The highest BCUT2D eigenvalue weighted by Gasteiger charge is 2.15. The van der Waals surface area contributed by atoms with Crippen molar-refractivity contribution in [3.8, 4) is 0 Å². The number of pyridine rings is 1. The normalized spacial score (nSPS) is 11.9. The molecule has 0 aliphatic heterocycles. The monoisotopic (exact) mass is 354 g/mol. The lowest BCUT2D eigenvalue weighted by atomic mass is 10.1. The van der Waals surface area contributed by atoms with Crippen LogP contribution in [0.4, 0.5) is 16.4 Å². The molecule has 0 saturated heterocycles. The van der Waals surface area contributed by atoms with Crippen molar-refractivity contribution in [3.05, 3.63) is 48.2 Å². The molecule has 8 nitrogen and oxygen atoms in total. The van der Waals surface area contributed by atoms with Crippen LogP contribution >= 0.6 is 0 Å². The van der Waals surface area contributed by atoms with Gasteiger partial charge in [0.1, 0.15) is 5.82 Å². The summed E-state index contributed by atoms with van der Waals surface area (Å²) in [7, 11) is 1.60. The van der Waals surface area contributed by atoms with Gasteiger partial charge in [-0.3, -0.25) is 10.4 Å². The van der Waals surface area contributed by atoms with Crippen LogP contribution in [0.3, 0.4) is 0 Å². The predicted molar refractivity (Wildman–Crippen MR) is 101 cm³/mol. The second-order valence-electron chi connectivity index (χ2n) is 5.73. The van der Waals surface area contributed by atoms with Crippen molar-refractivity contribution in [1.29, 1.82) is 0 Å². The summed E-state index contributed by atoms with van der Waals surface area (Å²) in [4.78, 5) is 16.6. The number of aromatic nitrogens is 3. The average molecular weight is 354 g/mol. The van der Waals surface area contributed by atoms with Gasteiger partial charge in [-0.25, -0.2) is 9.78 Å². The van der Waals surface area contributed by atoms with Gasteiger partial charge in [0.05, 0.1) is 23.6 Å². The lowest BCUT2D eigenvalue weighted by Gasteiger charge is -2.18. The van der Waals surface area contributed by atoms with Crippen LogP contribution in [-0.2, 0) is 4.74 Å². The molecule has 8 heteroatoms. The molecule has 1 aromatic carbocycles. The van der Waals surface area contributed by atoms with Crippen LogP contribution in [0, 0.1) is 0 Å². The Morgan fingerprint density at radius 1 is 1.31 bits per heavy atom. The van der Waals surface area contributed by atoms with Crippen molar-refractivity contribution in [3.63, 3.8) is 0 Å². The molecule has 2 aromatic heterocycles. The number of nitrogens with zero attached hydrogens (tertiary/aromatic N) is 2. The number of methoxy groups -OCH3 is 1. The van der Waals surface area contributed by atoms with E-state index in [2.05, 4.69) is 31.1 Å². The van der Waals surface area contributed by atoms with Gasteiger partial charge in [-0.15, -0.1) is 0 Å². The number of hydrogen-bond donors (Lipinski definition) is 4. The van der Waals surface area contributed by atoms with Crippen molar-refractivity contribution in [2.45, 2.75) is 13.0 Å². The van der Waals surface area contributed by atoms with Crippen LogP contribution in [0.2, 0.25) is 0 Å². The zero-order valence-electron chi connectivity index (χ0n) is 14.7. The lowest BCUT2D eigenvalue weighted by Crippen LogP contribution is -2.35. The zero-order valence-corrected chi connectivity index (χ0v) is 14.7. The van der Waals surface area contributed by atoms with Gasteiger partial charge >= 0.3 is 6.03 Å². The Kier molecular flexibility index (Phi) is 5.65. The summed E-state index contributed by atoms with van der Waals surface area (Å²) in [5.41, 5.74) is 1.76. The molecule has 1 atom stereocenters. The summed E-state index contributed by atoms with van der Waals surface area (Å²) in [5.74, 6) is 1.18. The standard InChI is InChI=1S/C18H22N6O2/c1-3-19-17-13-10-20-16(9-14(13)23-24-17)22-18(25)21-15(11-26-2)12-7-5-4-6-8-12/h4-10,15H,3,11H2,1-2H3,(H2,19,23,24)(H2,20,21,22,25). The number of amides is 2. The fourth-order valence-electron chi connectivity index (χ4n) is 2.67. The Morgan fingerprint density at radius 2 is 2.12 bits per heavy atom. The highest BCUT2D eigenvalue weighted by atomic mass is 16.5. The maximum absolute atomic E-state index is 12.4. The molecular weight excluding hydrogens is 332 g/mol. The molecule has 2 heterocycles. The minimum atomic E-state index is -0.353. The van der Waals surface area contributed by atoms with Crippen molar-refractivity contribution in [2.24, 2.45) is 0 Å². The van der Waals surface area contributed by atoms with E-state index in [9.17, 15) is 4.79 Å². The first kappa shape index (κ1) is 17.7. The van der Waals surface area contributed by atoms with Crippen LogP contribution < -0.4 is 16.0 Å². The average Bonchev–Trinajstić information content (AvgIpc) is 3.05. The number of benzene rings is 1. The van der Waals surface area contributed by atoms with Gasteiger partial charge in [0.2, 0.25) is 0 Å². The van der Waals surface area contributed by atoms with Gasteiger partial charge < -0.3 is 15.4 Å². The summed E-state index contributed by atoms with van der Waals surface area (Å²) in [6.45, 7) is 3.14. The lowest BCUT2D eigenvalue weighted by molar-refractivity contribution is 0.168. The molecule has 0 bridgehead atoms. The molecule has 136 valence electrons. The molecular formula is C18H22N6O2. The van der Waals surface area contributed by atoms with Crippen LogP contribution in [0.5, 0.6) is 0 Å². The zero-order chi connectivity index (χ0) is 18.4. The quantitative estimate of drug-likeness (QED) is 0.522. The number of hydrogen-bond acceptors (Lipinski definition) is 5. The molecule has 4 N–H and O–H groups in total. The van der Waals surface area contributed by atoms with Gasteiger partial charge in [-0.2, -0.15) is 5.10 Å². The maximum atomic E-state index is 12.4. The summed E-state index contributed by atoms with van der Waals surface area (Å²) < 4.78 is 5.21. The summed E-state index contributed by atoms with van der Waals surface area (Å²) in [5, 5.41) is 16.8. The van der Waals surface area contributed by atoms with Gasteiger partial charge in [0, 0.05) is 25.9 Å². The van der Waals surface area contributed by atoms with Crippen LogP contribution in [0.1, 0.15) is 18.5 Å². The fourth-order valence-corrected chi connectivity index (χ4v) is 2.67. The first-order valence-corrected chi connectivity index (χ1v) is 8.40. The topological polar surface area (TPSA) is 104 Å². The van der Waals surface area contributed by atoms with E-state index in [1.54, 1.807) is 19.4 Å². The molecule has 0 saturated carbocycles. The van der Waals surface area contributed by atoms with Gasteiger partial charge in [-0.1, -0.05) is 30.3 Å². The third-order valence-corrected chi connectivity index (χ3v) is 3.87. The Morgan fingerprint density at radius 3 is 2.85 bits per heavy atom. The third kappa shape index (κ3) is 4.09. The van der Waals surface area contributed by atoms with Crippen molar-refractivity contribution >= 4 is 28.6 Å². The number of aromatic amines is 1. The molecule has 3 aromatic rings. The minimum absolute atomic E-state index is 0.252. The number of H-pyrrole nitrogens is 1. The molecule has 1 unspecified atom stereocenters. The van der Waals surface area contributed by atoms with E-state index < -0.39 is 0 Å². The number of ether oxygens (including phenoxy) is 1. The highest BCUT2D eigenvalue weighted by Crippen LogP contribution is 2.21. The third-order valence-electron chi connectivity index (χ3n) is 3.87. The van der Waals surface area contributed by atoms with Crippen molar-refractivity contribution in [1.82, 2.24) is 20.5 Å². The second-order valence-corrected chi connectivity index (χ2v) is 5.73. The Balaban J connectivity index is 1.69. The van der Waals surface area contributed by atoms with Gasteiger partial charge in [0.25, 0.3) is 0 Å². The van der Waals surface area contributed by atoms with Crippen molar-refractivity contribution in [2.75, 3.05) is 30.9 Å². The van der Waals surface area contributed by atoms with Crippen molar-refractivity contribution < 1.29 is 9.53 Å². The van der Waals surface area contributed by atoms with Crippen LogP contribution in [0.15, 0.2) is 42.6 Å². The molecule has 3 rings (SSSR count). The highest BCUT2D eigenvalue weighted by molar-refractivity contribution is 5.94. The summed E-state index contributed by atoms with van der Waals surface area (Å²) in [6, 6.07) is 10.8. The van der Waals surface area contributed by atoms with E-state index in [0.29, 0.717) is 12.4 Å². The van der Waals surface area contributed by atoms with E-state index in [4.69, 9.17) is 4.74 Å². The Labute approximate surface area is 151 Å². The minimum Gasteiger partial charge on any atom is -0.382 e. The van der Waals surface area contributed by atoms with E-state index in [1.165, 1.54) is 0 Å². The van der Waals surface area contributed by atoms with E-state index >= 15 is 0 Å². The first-order chi connectivity index (χ1) is 12.7. The van der Waals surface area contributed by atoms with Gasteiger partial charge in [0.15, 0.2) is 5.82 Å². The molecule has 0 aliphatic rings. The van der Waals surface area contributed by atoms with E-state index in [-0.39, 0.29) is 12.1 Å². The van der Waals surface area contributed by atoms with E-state index in [1.807, 2.05) is 37.3 Å². The molecule has 0 radical (unpaired) electrons. The Bertz CT molecular complexity index is 865. The Hall–Kier alpha value is -3.13. The number of fused-ring (bicyclic) bond motifs is 1. The van der Waals surface area contributed by atoms with Gasteiger partial charge in [-0.05, 0) is 12.5 Å². The molecule has 26 heavy (non-hydrogen) atoms.